The molecule has 0 spiro atoms. The third-order valence-electron chi connectivity index (χ3n) is 6.19. The Kier molecular flexibility index (Phi) is 6.28. The lowest BCUT2D eigenvalue weighted by Gasteiger charge is -2.43. The summed E-state index contributed by atoms with van der Waals surface area (Å²) < 4.78 is 0. The van der Waals surface area contributed by atoms with Gasteiger partial charge >= 0.3 is 0 Å². The van der Waals surface area contributed by atoms with Crippen molar-refractivity contribution < 1.29 is 4.79 Å². The van der Waals surface area contributed by atoms with Crippen LogP contribution in [0.2, 0.25) is 0 Å². The van der Waals surface area contributed by atoms with Crippen molar-refractivity contribution in [1.82, 2.24) is 5.32 Å². The van der Waals surface area contributed by atoms with E-state index in [1.165, 1.54) is 34.1 Å². The van der Waals surface area contributed by atoms with E-state index in [4.69, 9.17) is 0 Å². The van der Waals surface area contributed by atoms with Crippen molar-refractivity contribution >= 4 is 45.9 Å². The molecule has 1 N–H and O–H groups in total. The molecule has 0 saturated carbocycles. The molecule has 0 bridgehead atoms. The highest BCUT2D eigenvalue weighted by Gasteiger charge is 2.31. The number of anilines is 1. The zero-order valence-electron chi connectivity index (χ0n) is 20.7. The molecule has 2 aliphatic rings. The van der Waals surface area contributed by atoms with Crippen molar-refractivity contribution in [3.63, 3.8) is 0 Å². The number of carbonyl (C=O) groups is 1. The molecule has 5 heteroatoms. The smallest absolute Gasteiger partial charge is 0.264 e. The molecule has 1 fully saturated rings. The van der Waals surface area contributed by atoms with Crippen molar-refractivity contribution in [1.29, 1.82) is 0 Å². The third-order valence-corrected chi connectivity index (χ3v) is 7.10. The van der Waals surface area contributed by atoms with Crippen LogP contribution in [0.5, 0.6) is 0 Å². The first-order valence-electron chi connectivity index (χ1n) is 11.6. The number of amides is 1. The number of amidine groups is 1. The molecule has 2 aromatic rings. The minimum absolute atomic E-state index is 0.0137. The van der Waals surface area contributed by atoms with Gasteiger partial charge in [0, 0.05) is 17.8 Å². The maximum atomic E-state index is 12.7. The number of nitrogens with one attached hydrogen (secondary N) is 1. The predicted molar refractivity (Wildman–Crippen MR) is 143 cm³/mol. The first-order chi connectivity index (χ1) is 15.6. The number of hydrogen-bond acceptors (Lipinski definition) is 4. The summed E-state index contributed by atoms with van der Waals surface area (Å²) in [7, 11) is 0. The monoisotopic (exact) mass is 459 g/mol. The third kappa shape index (κ3) is 4.79. The second-order valence-corrected chi connectivity index (χ2v) is 10.7. The minimum Gasteiger partial charge on any atom is -0.362 e. The van der Waals surface area contributed by atoms with Gasteiger partial charge in [0.15, 0.2) is 5.17 Å². The van der Waals surface area contributed by atoms with Gasteiger partial charge in [-0.2, -0.15) is 0 Å². The number of aryl methyl sites for hydroxylation is 3. The lowest BCUT2D eigenvalue weighted by Crippen LogP contribution is -2.45. The molecule has 4 nitrogen and oxygen atoms in total. The molecule has 0 unspecified atom stereocenters. The zero-order valence-corrected chi connectivity index (χ0v) is 21.5. The van der Waals surface area contributed by atoms with Gasteiger partial charge in [0.1, 0.15) is 0 Å². The van der Waals surface area contributed by atoms with Gasteiger partial charge in [-0.25, -0.2) is 4.99 Å². The number of rotatable bonds is 4. The Balaban J connectivity index is 1.68. The van der Waals surface area contributed by atoms with E-state index in [1.54, 1.807) is 0 Å². The number of allylic oxidation sites excluding steroid dienone is 1. The van der Waals surface area contributed by atoms with Gasteiger partial charge < -0.3 is 10.2 Å². The molecular weight excluding hydrogens is 426 g/mol. The van der Waals surface area contributed by atoms with Crippen LogP contribution in [0.4, 0.5) is 11.4 Å². The minimum atomic E-state index is -0.0961. The highest BCUT2D eigenvalue weighted by Crippen LogP contribution is 2.41. The summed E-state index contributed by atoms with van der Waals surface area (Å²) >= 11 is 1.40. The Morgan fingerprint density at radius 1 is 1.06 bits per heavy atom. The summed E-state index contributed by atoms with van der Waals surface area (Å²) in [4.78, 5) is 20.5. The van der Waals surface area contributed by atoms with Gasteiger partial charge in [-0.3, -0.25) is 4.79 Å². The number of carbonyl (C=O) groups excluding carboxylic acids is 1. The number of thioether (sulfide) groups is 1. The van der Waals surface area contributed by atoms with Gasteiger partial charge in [-0.05, 0) is 118 Å². The van der Waals surface area contributed by atoms with Crippen LogP contribution in [0.3, 0.4) is 0 Å². The standard InChI is InChI=1S/C28H33N3OS/c1-8-9-31-24-13-19(4)21(14-23(24)20(5)16-28(31,6)7)15-25-26(32)30-27(33-25)29-22-11-17(2)10-18(3)12-22/h10-16H,8-9H2,1-7H3,(H,29,30,32)/b25-15+. The first kappa shape index (κ1) is 23.4. The van der Waals surface area contributed by atoms with Gasteiger partial charge in [0.05, 0.1) is 16.1 Å². The normalized spacial score (nSPS) is 19.7. The van der Waals surface area contributed by atoms with Gasteiger partial charge in [0.2, 0.25) is 0 Å². The number of benzene rings is 2. The van der Waals surface area contributed by atoms with E-state index in [9.17, 15) is 4.79 Å². The molecule has 0 atom stereocenters. The van der Waals surface area contributed by atoms with E-state index in [-0.39, 0.29) is 11.4 Å². The molecule has 172 valence electrons. The van der Waals surface area contributed by atoms with Crippen LogP contribution in [0, 0.1) is 20.8 Å². The van der Waals surface area contributed by atoms with Crippen LogP contribution in [-0.4, -0.2) is 23.2 Å². The van der Waals surface area contributed by atoms with E-state index in [1.807, 2.05) is 18.2 Å². The molecule has 1 saturated heterocycles. The number of aliphatic imine (C=N–C) groups is 1. The van der Waals surface area contributed by atoms with Crippen LogP contribution >= 0.6 is 11.8 Å². The van der Waals surface area contributed by atoms with Gasteiger partial charge in [0.25, 0.3) is 5.91 Å². The average molecular weight is 460 g/mol. The van der Waals surface area contributed by atoms with E-state index in [0.29, 0.717) is 10.1 Å². The molecular formula is C28H33N3OS. The summed E-state index contributed by atoms with van der Waals surface area (Å²) in [5.41, 5.74) is 9.21. The molecule has 2 heterocycles. The average Bonchev–Trinajstić information content (AvgIpc) is 3.03. The maximum absolute atomic E-state index is 12.7. The lowest BCUT2D eigenvalue weighted by molar-refractivity contribution is -0.115. The summed E-state index contributed by atoms with van der Waals surface area (Å²) in [6.07, 6.45) is 5.44. The largest absolute Gasteiger partial charge is 0.362 e. The van der Waals surface area contributed by atoms with Crippen molar-refractivity contribution in [3.05, 3.63) is 69.1 Å². The van der Waals surface area contributed by atoms with E-state index < -0.39 is 0 Å². The van der Waals surface area contributed by atoms with Crippen LogP contribution in [0.15, 0.2) is 46.3 Å². The Morgan fingerprint density at radius 2 is 1.76 bits per heavy atom. The summed E-state index contributed by atoms with van der Waals surface area (Å²) in [6.45, 7) is 16.2. The molecule has 0 aromatic heterocycles. The number of fused-ring (bicyclic) bond motifs is 1. The van der Waals surface area contributed by atoms with Crippen molar-refractivity contribution in [2.75, 3.05) is 11.4 Å². The summed E-state index contributed by atoms with van der Waals surface area (Å²) in [5, 5.41) is 3.55. The number of nitrogens with zero attached hydrogens (tertiary/aromatic N) is 2. The highest BCUT2D eigenvalue weighted by molar-refractivity contribution is 8.18. The first-order valence-corrected chi connectivity index (χ1v) is 12.4. The molecule has 33 heavy (non-hydrogen) atoms. The Hall–Kier alpha value is -2.79. The van der Waals surface area contributed by atoms with Crippen molar-refractivity contribution in [2.45, 2.75) is 60.4 Å². The van der Waals surface area contributed by atoms with Crippen LogP contribution in [-0.2, 0) is 4.79 Å². The molecule has 1 amide bonds. The zero-order chi connectivity index (χ0) is 23.9. The maximum Gasteiger partial charge on any atom is 0.264 e. The second-order valence-electron chi connectivity index (χ2n) is 9.69. The Bertz CT molecular complexity index is 1200. The van der Waals surface area contributed by atoms with Crippen LogP contribution in [0.25, 0.3) is 11.6 Å². The molecule has 2 aliphatic heterocycles. The number of hydrogen-bond donors (Lipinski definition) is 1. The Morgan fingerprint density at radius 3 is 2.42 bits per heavy atom. The fourth-order valence-corrected chi connectivity index (χ4v) is 5.62. The van der Waals surface area contributed by atoms with Gasteiger partial charge in [-0.1, -0.05) is 19.1 Å². The fraction of sp³-hybridized carbons (Fsp3) is 0.357. The lowest BCUT2D eigenvalue weighted by atomic mass is 9.86. The van der Waals surface area contributed by atoms with E-state index >= 15 is 0 Å². The van der Waals surface area contributed by atoms with Crippen molar-refractivity contribution in [2.24, 2.45) is 4.99 Å². The molecule has 0 aliphatic carbocycles. The SMILES string of the molecule is CCCN1c2cc(C)c(/C=C3/SC(=Nc4cc(C)cc(C)c4)NC3=O)cc2C(C)=CC1(C)C. The Labute approximate surface area is 201 Å². The molecule has 4 rings (SSSR count). The second kappa shape index (κ2) is 8.86. The van der Waals surface area contributed by atoms with Gasteiger partial charge in [-0.15, -0.1) is 0 Å². The highest BCUT2D eigenvalue weighted by atomic mass is 32.2. The van der Waals surface area contributed by atoms with Crippen molar-refractivity contribution in [3.8, 4) is 0 Å². The quantitative estimate of drug-likeness (QED) is 0.505. The van der Waals surface area contributed by atoms with Crippen LogP contribution in [0.1, 0.15) is 61.9 Å². The predicted octanol–water partition coefficient (Wildman–Crippen LogP) is 6.92. The topological polar surface area (TPSA) is 44.7 Å². The van der Waals surface area contributed by atoms with Crippen LogP contribution < -0.4 is 10.2 Å². The van der Waals surface area contributed by atoms with E-state index in [0.717, 1.165) is 35.3 Å². The molecule has 0 radical (unpaired) electrons. The summed E-state index contributed by atoms with van der Waals surface area (Å²) in [5.74, 6) is -0.0961. The van der Waals surface area contributed by atoms with E-state index in [2.05, 4.69) is 88.0 Å². The fourth-order valence-electron chi connectivity index (χ4n) is 4.79. The molecule has 2 aromatic carbocycles. The summed E-state index contributed by atoms with van der Waals surface area (Å²) in [6, 6.07) is 10.7.